The monoisotopic (exact) mass is 254 g/mol. The van der Waals surface area contributed by atoms with Crippen molar-refractivity contribution in [2.45, 2.75) is 6.36 Å². The molecule has 0 heterocycles. The predicted molar refractivity (Wildman–Crippen MR) is 49.9 cm³/mol. The van der Waals surface area contributed by atoms with Crippen LogP contribution in [0.3, 0.4) is 0 Å². The van der Waals surface area contributed by atoms with E-state index in [1.54, 1.807) is 0 Å². The molecule has 88 valence electrons. The molecular weight excluding hydrogens is 249 g/mol. The summed E-state index contributed by atoms with van der Waals surface area (Å²) >= 11 is 5.13. The van der Waals surface area contributed by atoms with Crippen LogP contribution in [0.1, 0.15) is 10.4 Å². The third kappa shape index (κ3) is 3.30. The summed E-state index contributed by atoms with van der Waals surface area (Å²) in [5, 5.41) is -0.880. The first kappa shape index (κ1) is 12.6. The largest absolute Gasteiger partial charge is 0.573 e. The van der Waals surface area contributed by atoms with E-state index in [2.05, 4.69) is 9.47 Å². The molecular formula is C9H6ClF3O3. The van der Waals surface area contributed by atoms with Crippen LogP contribution < -0.4 is 9.47 Å². The molecule has 0 N–H and O–H groups in total. The van der Waals surface area contributed by atoms with E-state index in [1.807, 2.05) is 0 Å². The first-order valence-corrected chi connectivity index (χ1v) is 4.35. The van der Waals surface area contributed by atoms with E-state index in [-0.39, 0.29) is 11.3 Å². The zero-order chi connectivity index (χ0) is 12.3. The van der Waals surface area contributed by atoms with Crippen molar-refractivity contribution < 1.29 is 27.4 Å². The van der Waals surface area contributed by atoms with E-state index >= 15 is 0 Å². The number of hydrogen-bond acceptors (Lipinski definition) is 3. The standard InChI is InChI=1S/C9H6ClF3O3/c1-15-6-3-2-5(8(10)14)4-7(6)16-9(11,12)13/h2-4H,1H3. The number of hydrogen-bond donors (Lipinski definition) is 0. The topological polar surface area (TPSA) is 35.5 Å². The van der Waals surface area contributed by atoms with Gasteiger partial charge in [0.2, 0.25) is 0 Å². The summed E-state index contributed by atoms with van der Waals surface area (Å²) in [6.45, 7) is 0. The molecule has 0 aromatic heterocycles. The molecule has 0 amide bonds. The molecule has 7 heteroatoms. The van der Waals surface area contributed by atoms with E-state index in [0.717, 1.165) is 12.1 Å². The number of carbonyl (C=O) groups excluding carboxylic acids is 1. The van der Waals surface area contributed by atoms with Crippen molar-refractivity contribution in [2.24, 2.45) is 0 Å². The van der Waals surface area contributed by atoms with Gasteiger partial charge in [-0.2, -0.15) is 0 Å². The lowest BCUT2D eigenvalue weighted by Gasteiger charge is -2.12. The van der Waals surface area contributed by atoms with Crippen molar-refractivity contribution >= 4 is 16.8 Å². The molecule has 3 nitrogen and oxygen atoms in total. The van der Waals surface area contributed by atoms with Gasteiger partial charge >= 0.3 is 6.36 Å². The number of carbonyl (C=O) groups is 1. The third-order valence-corrected chi connectivity index (χ3v) is 1.83. The molecule has 0 atom stereocenters. The minimum atomic E-state index is -4.86. The maximum atomic E-state index is 12.0. The van der Waals surface area contributed by atoms with Crippen LogP contribution in [0.2, 0.25) is 0 Å². The molecule has 1 rings (SSSR count). The van der Waals surface area contributed by atoms with Crippen LogP contribution in [-0.4, -0.2) is 18.7 Å². The molecule has 0 radical (unpaired) electrons. The van der Waals surface area contributed by atoms with E-state index in [1.165, 1.54) is 13.2 Å². The Morgan fingerprint density at radius 1 is 1.31 bits per heavy atom. The lowest BCUT2D eigenvalue weighted by Crippen LogP contribution is -2.17. The van der Waals surface area contributed by atoms with Crippen LogP contribution in [0.5, 0.6) is 11.5 Å². The summed E-state index contributed by atoms with van der Waals surface area (Å²) in [5.41, 5.74) is -0.110. The van der Waals surface area contributed by atoms with Crippen molar-refractivity contribution in [3.8, 4) is 11.5 Å². The lowest BCUT2D eigenvalue weighted by atomic mass is 10.2. The Morgan fingerprint density at radius 2 is 1.94 bits per heavy atom. The molecule has 0 unspecified atom stereocenters. The predicted octanol–water partition coefficient (Wildman–Crippen LogP) is 2.97. The van der Waals surface area contributed by atoms with Crippen molar-refractivity contribution in [3.05, 3.63) is 23.8 Å². The summed E-state index contributed by atoms with van der Waals surface area (Å²) in [6, 6.07) is 3.26. The van der Waals surface area contributed by atoms with Gasteiger partial charge in [0.15, 0.2) is 11.5 Å². The van der Waals surface area contributed by atoms with Gasteiger partial charge in [-0.05, 0) is 29.8 Å². The Kier molecular flexibility index (Phi) is 3.64. The fourth-order valence-corrected chi connectivity index (χ4v) is 1.12. The minimum Gasteiger partial charge on any atom is -0.493 e. The number of methoxy groups -OCH3 is 1. The first-order valence-electron chi connectivity index (χ1n) is 3.97. The second kappa shape index (κ2) is 4.61. The molecule has 1 aromatic rings. The van der Waals surface area contributed by atoms with Crippen molar-refractivity contribution in [1.29, 1.82) is 0 Å². The smallest absolute Gasteiger partial charge is 0.493 e. The highest BCUT2D eigenvalue weighted by Crippen LogP contribution is 2.33. The Labute approximate surface area is 93.7 Å². The molecule has 0 aliphatic carbocycles. The minimum absolute atomic E-state index is 0.110. The van der Waals surface area contributed by atoms with Gasteiger partial charge in [0.1, 0.15) is 0 Å². The lowest BCUT2D eigenvalue weighted by molar-refractivity contribution is -0.275. The normalized spacial score (nSPS) is 11.1. The van der Waals surface area contributed by atoms with Crippen LogP contribution >= 0.6 is 11.6 Å². The zero-order valence-corrected chi connectivity index (χ0v) is 8.72. The molecule has 0 aliphatic rings. The fraction of sp³-hybridized carbons (Fsp3) is 0.222. The van der Waals surface area contributed by atoms with E-state index in [0.29, 0.717) is 0 Å². The van der Waals surface area contributed by atoms with E-state index in [9.17, 15) is 18.0 Å². The molecule has 0 saturated carbocycles. The van der Waals surface area contributed by atoms with Gasteiger partial charge in [-0.15, -0.1) is 13.2 Å². The van der Waals surface area contributed by atoms with Crippen LogP contribution in [0.4, 0.5) is 13.2 Å². The highest BCUT2D eigenvalue weighted by atomic mass is 35.5. The second-order valence-corrected chi connectivity index (χ2v) is 3.03. The summed E-state index contributed by atoms with van der Waals surface area (Å²) in [5.74, 6) is -0.750. The van der Waals surface area contributed by atoms with Gasteiger partial charge in [-0.3, -0.25) is 4.79 Å². The number of alkyl halides is 3. The van der Waals surface area contributed by atoms with Gasteiger partial charge in [0, 0.05) is 5.56 Å². The van der Waals surface area contributed by atoms with Crippen molar-refractivity contribution in [1.82, 2.24) is 0 Å². The van der Waals surface area contributed by atoms with E-state index in [4.69, 9.17) is 11.6 Å². The number of rotatable bonds is 3. The SMILES string of the molecule is COc1ccc(C(=O)Cl)cc1OC(F)(F)F. The maximum absolute atomic E-state index is 12.0. The third-order valence-electron chi connectivity index (χ3n) is 1.62. The van der Waals surface area contributed by atoms with Crippen LogP contribution in [0, 0.1) is 0 Å². The number of halogens is 4. The quantitative estimate of drug-likeness (QED) is 0.778. The Morgan fingerprint density at radius 3 is 2.38 bits per heavy atom. The van der Waals surface area contributed by atoms with Crippen molar-refractivity contribution in [3.63, 3.8) is 0 Å². The molecule has 16 heavy (non-hydrogen) atoms. The molecule has 0 spiro atoms. The Hall–Kier alpha value is -1.43. The summed E-state index contributed by atoms with van der Waals surface area (Å²) in [6.07, 6.45) is -4.86. The van der Waals surface area contributed by atoms with Gasteiger partial charge in [0.25, 0.3) is 5.24 Å². The zero-order valence-electron chi connectivity index (χ0n) is 7.97. The number of benzene rings is 1. The van der Waals surface area contributed by atoms with Gasteiger partial charge in [0.05, 0.1) is 7.11 Å². The highest BCUT2D eigenvalue weighted by molar-refractivity contribution is 6.67. The summed E-state index contributed by atoms with van der Waals surface area (Å²) in [4.78, 5) is 10.8. The van der Waals surface area contributed by atoms with Crippen LogP contribution in [0.15, 0.2) is 18.2 Å². The molecule has 0 aliphatic heterocycles. The Balaban J connectivity index is 3.12. The fourth-order valence-electron chi connectivity index (χ4n) is 1.00. The average Bonchev–Trinajstić information content (AvgIpc) is 2.15. The van der Waals surface area contributed by atoms with Crippen LogP contribution in [0.25, 0.3) is 0 Å². The summed E-state index contributed by atoms with van der Waals surface area (Å²) in [7, 11) is 1.18. The van der Waals surface area contributed by atoms with Crippen molar-refractivity contribution in [2.75, 3.05) is 7.11 Å². The molecule has 0 bridgehead atoms. The second-order valence-electron chi connectivity index (χ2n) is 2.69. The summed E-state index contributed by atoms with van der Waals surface area (Å²) < 4.78 is 44.3. The average molecular weight is 255 g/mol. The van der Waals surface area contributed by atoms with E-state index < -0.39 is 17.4 Å². The molecule has 0 fully saturated rings. The molecule has 1 aromatic carbocycles. The first-order chi connectivity index (χ1) is 7.33. The van der Waals surface area contributed by atoms with Gasteiger partial charge in [-0.1, -0.05) is 0 Å². The van der Waals surface area contributed by atoms with Crippen LogP contribution in [-0.2, 0) is 0 Å². The Bertz CT molecular complexity index is 403. The molecule has 0 saturated heterocycles. The number of ether oxygens (including phenoxy) is 2. The maximum Gasteiger partial charge on any atom is 0.573 e. The van der Waals surface area contributed by atoms with Gasteiger partial charge < -0.3 is 9.47 Å². The van der Waals surface area contributed by atoms with Gasteiger partial charge in [-0.25, -0.2) is 0 Å². The highest BCUT2D eigenvalue weighted by Gasteiger charge is 2.32.